The summed E-state index contributed by atoms with van der Waals surface area (Å²) in [5.74, 6) is 0.141. The van der Waals surface area contributed by atoms with Crippen LogP contribution in [0.3, 0.4) is 0 Å². The Morgan fingerprint density at radius 2 is 1.84 bits per heavy atom. The monoisotopic (exact) mass is 343 g/mol. The number of aromatic hydroxyl groups is 2. The molecule has 5 heteroatoms. The van der Waals surface area contributed by atoms with E-state index in [1.54, 1.807) is 6.07 Å². The minimum atomic E-state index is -0.283. The number of ether oxygens (including phenoxy) is 1. The predicted molar refractivity (Wildman–Crippen MR) is 97.4 cm³/mol. The fourth-order valence-electron chi connectivity index (χ4n) is 2.81. The Balaban J connectivity index is 2.28. The van der Waals surface area contributed by atoms with Gasteiger partial charge < -0.3 is 20.3 Å². The van der Waals surface area contributed by atoms with Crippen LogP contribution in [0.25, 0.3) is 0 Å². The Labute approximate surface area is 148 Å². The Bertz CT molecular complexity index is 791. The van der Waals surface area contributed by atoms with E-state index in [1.165, 1.54) is 19.2 Å². The Kier molecular flexibility index (Phi) is 5.26. The first-order valence-corrected chi connectivity index (χ1v) is 8.11. The fraction of sp³-hybridized carbons (Fsp3) is 0.350. The molecule has 0 fully saturated rings. The summed E-state index contributed by atoms with van der Waals surface area (Å²) in [6.07, 6.45) is 0. The van der Waals surface area contributed by atoms with Gasteiger partial charge in [0.25, 0.3) is 5.91 Å². The van der Waals surface area contributed by atoms with Gasteiger partial charge in [0, 0.05) is 18.2 Å². The van der Waals surface area contributed by atoms with Gasteiger partial charge in [-0.2, -0.15) is 0 Å². The number of hydrogen-bond donors (Lipinski definition) is 3. The van der Waals surface area contributed by atoms with Gasteiger partial charge in [0.1, 0.15) is 17.2 Å². The molecule has 0 aliphatic carbocycles. The van der Waals surface area contributed by atoms with Gasteiger partial charge in [-0.3, -0.25) is 4.79 Å². The molecule has 1 amide bonds. The molecule has 3 N–H and O–H groups in total. The molecule has 2 aromatic carbocycles. The number of methoxy groups -OCH3 is 1. The number of benzene rings is 2. The van der Waals surface area contributed by atoms with Crippen molar-refractivity contribution >= 4 is 5.91 Å². The second kappa shape index (κ2) is 7.05. The van der Waals surface area contributed by atoms with E-state index in [-0.39, 0.29) is 29.4 Å². The Morgan fingerprint density at radius 3 is 2.40 bits per heavy atom. The molecule has 25 heavy (non-hydrogen) atoms. The average molecular weight is 343 g/mol. The number of nitrogens with one attached hydrogen (secondary N) is 1. The summed E-state index contributed by atoms with van der Waals surface area (Å²) in [6.45, 7) is 8.43. The third kappa shape index (κ3) is 4.24. The molecular weight excluding hydrogens is 318 g/mol. The smallest absolute Gasteiger partial charge is 0.255 e. The number of phenolic OH excluding ortho intramolecular Hbond substituents is 2. The van der Waals surface area contributed by atoms with Gasteiger partial charge in [-0.25, -0.2) is 0 Å². The van der Waals surface area contributed by atoms with Crippen molar-refractivity contribution in [2.75, 3.05) is 7.11 Å². The van der Waals surface area contributed by atoms with E-state index < -0.39 is 0 Å². The molecule has 2 rings (SSSR count). The molecule has 0 spiro atoms. The molecule has 134 valence electrons. The van der Waals surface area contributed by atoms with Crippen LogP contribution >= 0.6 is 0 Å². The van der Waals surface area contributed by atoms with Crippen LogP contribution in [-0.4, -0.2) is 23.2 Å². The summed E-state index contributed by atoms with van der Waals surface area (Å²) in [6, 6.07) is 8.00. The van der Waals surface area contributed by atoms with Crippen LogP contribution in [0.5, 0.6) is 17.2 Å². The van der Waals surface area contributed by atoms with E-state index in [1.807, 2.05) is 19.1 Å². The number of amides is 1. The van der Waals surface area contributed by atoms with Gasteiger partial charge >= 0.3 is 0 Å². The summed E-state index contributed by atoms with van der Waals surface area (Å²) in [7, 11) is 1.54. The molecule has 0 aliphatic rings. The van der Waals surface area contributed by atoms with Crippen molar-refractivity contribution in [3.8, 4) is 17.2 Å². The zero-order chi connectivity index (χ0) is 18.8. The lowest BCUT2D eigenvalue weighted by Gasteiger charge is -2.23. The first-order chi connectivity index (χ1) is 11.6. The highest BCUT2D eigenvalue weighted by molar-refractivity contribution is 5.97. The fourth-order valence-corrected chi connectivity index (χ4v) is 2.81. The van der Waals surface area contributed by atoms with Crippen LogP contribution < -0.4 is 10.1 Å². The van der Waals surface area contributed by atoms with Gasteiger partial charge in [0.05, 0.1) is 12.7 Å². The molecular formula is C20H25NO4. The number of carbonyl (C=O) groups excluding carboxylic acids is 1. The predicted octanol–water partition coefficient (Wildman–Crippen LogP) is 3.64. The minimum Gasteiger partial charge on any atom is -0.508 e. The number of phenols is 2. The Morgan fingerprint density at radius 1 is 1.16 bits per heavy atom. The van der Waals surface area contributed by atoms with Gasteiger partial charge in [-0.1, -0.05) is 20.8 Å². The molecule has 0 heterocycles. The molecule has 0 atom stereocenters. The van der Waals surface area contributed by atoms with Crippen LogP contribution in [0.15, 0.2) is 30.3 Å². The standard InChI is InChI=1S/C20H25NO4/c1-12-8-18(25-5)15(10-16(12)20(2,3)4)19(24)21-11-13-6-7-14(22)9-17(13)23/h6-10,22-23H,11H2,1-5H3,(H,21,24). The zero-order valence-corrected chi connectivity index (χ0v) is 15.3. The van der Waals surface area contributed by atoms with Crippen LogP contribution in [-0.2, 0) is 12.0 Å². The van der Waals surface area contributed by atoms with E-state index in [9.17, 15) is 15.0 Å². The molecule has 0 saturated heterocycles. The number of aryl methyl sites for hydroxylation is 1. The molecule has 2 aromatic rings. The highest BCUT2D eigenvalue weighted by Crippen LogP contribution is 2.31. The summed E-state index contributed by atoms with van der Waals surface area (Å²) in [5.41, 5.74) is 3.02. The molecule has 0 aromatic heterocycles. The maximum atomic E-state index is 12.6. The second-order valence-electron chi connectivity index (χ2n) is 7.11. The highest BCUT2D eigenvalue weighted by atomic mass is 16.5. The maximum absolute atomic E-state index is 12.6. The van der Waals surface area contributed by atoms with Crippen molar-refractivity contribution in [1.29, 1.82) is 0 Å². The topological polar surface area (TPSA) is 78.8 Å². The largest absolute Gasteiger partial charge is 0.508 e. The second-order valence-corrected chi connectivity index (χ2v) is 7.11. The summed E-state index contributed by atoms with van der Waals surface area (Å²) < 4.78 is 5.36. The summed E-state index contributed by atoms with van der Waals surface area (Å²) in [4.78, 5) is 12.6. The number of rotatable bonds is 4. The van der Waals surface area contributed by atoms with Crippen LogP contribution in [0.4, 0.5) is 0 Å². The van der Waals surface area contributed by atoms with Crippen molar-refractivity contribution in [2.45, 2.75) is 39.7 Å². The van der Waals surface area contributed by atoms with Crippen molar-refractivity contribution in [3.63, 3.8) is 0 Å². The molecule has 5 nitrogen and oxygen atoms in total. The molecule has 0 radical (unpaired) electrons. The van der Waals surface area contributed by atoms with Crippen molar-refractivity contribution < 1.29 is 19.7 Å². The van der Waals surface area contributed by atoms with E-state index >= 15 is 0 Å². The van der Waals surface area contributed by atoms with Crippen molar-refractivity contribution in [3.05, 3.63) is 52.6 Å². The quantitative estimate of drug-likeness (QED) is 0.792. The average Bonchev–Trinajstić information content (AvgIpc) is 2.52. The van der Waals surface area contributed by atoms with Gasteiger partial charge in [-0.05, 0) is 47.7 Å². The van der Waals surface area contributed by atoms with Crippen LogP contribution in [0.2, 0.25) is 0 Å². The SMILES string of the molecule is COc1cc(C)c(C(C)(C)C)cc1C(=O)NCc1ccc(O)cc1O. The number of carbonyl (C=O) groups is 1. The van der Waals surface area contributed by atoms with Gasteiger partial charge in [-0.15, -0.1) is 0 Å². The normalized spacial score (nSPS) is 11.2. The third-order valence-electron chi connectivity index (χ3n) is 4.11. The van der Waals surface area contributed by atoms with Crippen molar-refractivity contribution in [1.82, 2.24) is 5.32 Å². The first-order valence-electron chi connectivity index (χ1n) is 8.11. The van der Waals surface area contributed by atoms with E-state index in [0.29, 0.717) is 16.9 Å². The summed E-state index contributed by atoms with van der Waals surface area (Å²) >= 11 is 0. The van der Waals surface area contributed by atoms with Crippen molar-refractivity contribution in [2.24, 2.45) is 0 Å². The number of hydrogen-bond acceptors (Lipinski definition) is 4. The highest BCUT2D eigenvalue weighted by Gasteiger charge is 2.22. The van der Waals surface area contributed by atoms with E-state index in [2.05, 4.69) is 26.1 Å². The lowest BCUT2D eigenvalue weighted by Crippen LogP contribution is -2.24. The maximum Gasteiger partial charge on any atom is 0.255 e. The first kappa shape index (κ1) is 18.6. The van der Waals surface area contributed by atoms with Crippen LogP contribution in [0.1, 0.15) is 47.8 Å². The van der Waals surface area contributed by atoms with E-state index in [4.69, 9.17) is 4.74 Å². The molecule has 0 aliphatic heterocycles. The molecule has 0 bridgehead atoms. The zero-order valence-electron chi connectivity index (χ0n) is 15.3. The summed E-state index contributed by atoms with van der Waals surface area (Å²) in [5, 5.41) is 21.9. The van der Waals surface area contributed by atoms with Crippen LogP contribution in [0, 0.1) is 6.92 Å². The third-order valence-corrected chi connectivity index (χ3v) is 4.11. The van der Waals surface area contributed by atoms with Gasteiger partial charge in [0.15, 0.2) is 0 Å². The van der Waals surface area contributed by atoms with E-state index in [0.717, 1.165) is 11.1 Å². The lowest BCUT2D eigenvalue weighted by atomic mass is 9.83. The van der Waals surface area contributed by atoms with Gasteiger partial charge in [0.2, 0.25) is 0 Å². The lowest BCUT2D eigenvalue weighted by molar-refractivity contribution is 0.0947. The Hall–Kier alpha value is -2.69. The molecule has 0 unspecified atom stereocenters. The minimum absolute atomic E-state index is 0.0254. The molecule has 0 saturated carbocycles.